The van der Waals surface area contributed by atoms with Crippen LogP contribution in [0.4, 0.5) is 5.69 Å². The van der Waals surface area contributed by atoms with Crippen molar-refractivity contribution in [3.05, 3.63) is 29.8 Å². The minimum atomic E-state index is -0.149. The summed E-state index contributed by atoms with van der Waals surface area (Å²) >= 11 is 1.27. The van der Waals surface area contributed by atoms with Gasteiger partial charge in [-0.1, -0.05) is 37.4 Å². The second kappa shape index (κ2) is 9.59. The first-order valence-electron chi connectivity index (χ1n) is 10.6. The van der Waals surface area contributed by atoms with Crippen molar-refractivity contribution in [2.45, 2.75) is 56.1 Å². The summed E-state index contributed by atoms with van der Waals surface area (Å²) in [7, 11) is 1.73. The van der Waals surface area contributed by atoms with Gasteiger partial charge in [-0.05, 0) is 65.8 Å². The maximum Gasteiger partial charge on any atom is 0.251 e. The van der Waals surface area contributed by atoms with Crippen molar-refractivity contribution >= 4 is 29.3 Å². The predicted octanol–water partition coefficient (Wildman–Crippen LogP) is 3.03. The summed E-state index contributed by atoms with van der Waals surface area (Å²) < 4.78 is 1.52. The van der Waals surface area contributed by atoms with Gasteiger partial charge in [-0.15, -0.1) is 5.10 Å². The summed E-state index contributed by atoms with van der Waals surface area (Å²) in [6, 6.07) is 7.33. The number of rotatable bonds is 6. The lowest BCUT2D eigenvalue weighted by molar-refractivity contribution is -0.113. The van der Waals surface area contributed by atoms with E-state index in [0.29, 0.717) is 16.4 Å². The summed E-state index contributed by atoms with van der Waals surface area (Å²) in [6.45, 7) is 0. The predicted molar refractivity (Wildman–Crippen MR) is 115 cm³/mol. The van der Waals surface area contributed by atoms with E-state index < -0.39 is 0 Å². The molecule has 2 aliphatic carbocycles. The van der Waals surface area contributed by atoms with Crippen LogP contribution in [0.25, 0.3) is 0 Å². The van der Waals surface area contributed by atoms with Gasteiger partial charge in [0, 0.05) is 24.3 Å². The Balaban J connectivity index is 1.25. The topological polar surface area (TPSA) is 102 Å². The van der Waals surface area contributed by atoms with Gasteiger partial charge in [0.25, 0.3) is 5.91 Å². The normalized spacial score (nSPS) is 23.4. The molecule has 3 atom stereocenters. The quantitative estimate of drug-likeness (QED) is 0.686. The average Bonchev–Trinajstić information content (AvgIpc) is 3.17. The largest absolute Gasteiger partial charge is 0.349 e. The minimum absolute atomic E-state index is 0.0301. The molecule has 30 heavy (non-hydrogen) atoms. The van der Waals surface area contributed by atoms with Gasteiger partial charge in [-0.25, -0.2) is 4.68 Å². The third-order valence-corrected chi connectivity index (χ3v) is 7.23. The van der Waals surface area contributed by atoms with Crippen molar-refractivity contribution in [2.75, 3.05) is 11.1 Å². The lowest BCUT2D eigenvalue weighted by atomic mass is 9.69. The van der Waals surface area contributed by atoms with E-state index in [1.165, 1.54) is 48.5 Å². The molecular formula is C21H28N6O2S. The first kappa shape index (κ1) is 20.8. The maximum atomic E-state index is 12.6. The Hall–Kier alpha value is -2.42. The van der Waals surface area contributed by atoms with Gasteiger partial charge < -0.3 is 10.6 Å². The number of amides is 2. The van der Waals surface area contributed by atoms with Crippen LogP contribution in [0.15, 0.2) is 29.4 Å². The van der Waals surface area contributed by atoms with Crippen LogP contribution in [0.1, 0.15) is 55.3 Å². The number of aryl methyl sites for hydroxylation is 1. The molecule has 2 N–H and O–H groups in total. The minimum Gasteiger partial charge on any atom is -0.349 e. The van der Waals surface area contributed by atoms with Crippen molar-refractivity contribution in [1.82, 2.24) is 25.5 Å². The van der Waals surface area contributed by atoms with Gasteiger partial charge in [0.1, 0.15) is 0 Å². The van der Waals surface area contributed by atoms with Crippen molar-refractivity contribution in [1.29, 1.82) is 0 Å². The van der Waals surface area contributed by atoms with Crippen molar-refractivity contribution in [3.8, 4) is 0 Å². The highest BCUT2D eigenvalue weighted by molar-refractivity contribution is 7.99. The number of benzene rings is 1. The molecule has 0 bridgehead atoms. The Morgan fingerprint density at radius 3 is 2.60 bits per heavy atom. The van der Waals surface area contributed by atoms with Crippen LogP contribution in [0.2, 0.25) is 0 Å². The Bertz CT molecular complexity index is 884. The molecule has 0 aliphatic heterocycles. The number of aromatic nitrogens is 4. The SMILES string of the molecule is Cn1nnnc1SCC(=O)Nc1ccc(C(=O)N[C@@H]2CC[C@H]3CCCC[C@H]3C2)cc1. The van der Waals surface area contributed by atoms with Crippen LogP contribution in [0.3, 0.4) is 0 Å². The summed E-state index contributed by atoms with van der Waals surface area (Å²) in [6.07, 6.45) is 8.83. The van der Waals surface area contributed by atoms with E-state index in [1.54, 1.807) is 31.3 Å². The second-order valence-electron chi connectivity index (χ2n) is 8.29. The summed E-state index contributed by atoms with van der Waals surface area (Å²) in [4.78, 5) is 24.8. The Kier molecular flexibility index (Phi) is 6.66. The molecule has 0 unspecified atom stereocenters. The van der Waals surface area contributed by atoms with E-state index >= 15 is 0 Å². The lowest BCUT2D eigenvalue weighted by Crippen LogP contribution is -2.41. The fourth-order valence-corrected chi connectivity index (χ4v) is 5.30. The Morgan fingerprint density at radius 2 is 1.87 bits per heavy atom. The van der Waals surface area contributed by atoms with E-state index in [9.17, 15) is 9.59 Å². The molecule has 8 nitrogen and oxygen atoms in total. The number of carbonyl (C=O) groups excluding carboxylic acids is 2. The zero-order valence-corrected chi connectivity index (χ0v) is 18.0. The number of hydrogen-bond donors (Lipinski definition) is 2. The van der Waals surface area contributed by atoms with Gasteiger partial charge >= 0.3 is 0 Å². The van der Waals surface area contributed by atoms with E-state index in [2.05, 4.69) is 26.2 Å². The van der Waals surface area contributed by atoms with Crippen molar-refractivity contribution in [2.24, 2.45) is 18.9 Å². The molecule has 160 valence electrons. The third kappa shape index (κ3) is 5.19. The molecule has 0 saturated heterocycles. The van der Waals surface area contributed by atoms with Gasteiger partial charge in [0.2, 0.25) is 11.1 Å². The van der Waals surface area contributed by atoms with Crippen LogP contribution >= 0.6 is 11.8 Å². The fraction of sp³-hybridized carbons (Fsp3) is 0.571. The van der Waals surface area contributed by atoms with Crippen LogP contribution in [0.5, 0.6) is 0 Å². The highest BCUT2D eigenvalue weighted by Crippen LogP contribution is 2.40. The first-order chi connectivity index (χ1) is 14.6. The maximum absolute atomic E-state index is 12.6. The number of nitrogens with one attached hydrogen (secondary N) is 2. The lowest BCUT2D eigenvalue weighted by Gasteiger charge is -2.39. The van der Waals surface area contributed by atoms with E-state index in [4.69, 9.17) is 0 Å². The van der Waals surface area contributed by atoms with Crippen molar-refractivity contribution in [3.63, 3.8) is 0 Å². The molecule has 2 aliphatic rings. The van der Waals surface area contributed by atoms with E-state index in [1.807, 2.05) is 0 Å². The number of tetrazole rings is 1. The average molecular weight is 429 g/mol. The Labute approximate surface area is 180 Å². The third-order valence-electron chi connectivity index (χ3n) is 6.22. The molecular weight excluding hydrogens is 400 g/mol. The molecule has 9 heteroatoms. The first-order valence-corrected chi connectivity index (χ1v) is 11.6. The second-order valence-corrected chi connectivity index (χ2v) is 9.23. The van der Waals surface area contributed by atoms with Crippen LogP contribution in [-0.4, -0.2) is 43.8 Å². The van der Waals surface area contributed by atoms with Gasteiger partial charge in [-0.2, -0.15) is 0 Å². The van der Waals surface area contributed by atoms with Crippen LogP contribution in [0, 0.1) is 11.8 Å². The monoisotopic (exact) mass is 428 g/mol. The number of hydrogen-bond acceptors (Lipinski definition) is 6. The smallest absolute Gasteiger partial charge is 0.251 e. The highest BCUT2D eigenvalue weighted by Gasteiger charge is 2.32. The molecule has 0 radical (unpaired) electrons. The molecule has 4 rings (SSSR count). The van der Waals surface area contributed by atoms with E-state index in [0.717, 1.165) is 24.7 Å². The van der Waals surface area contributed by atoms with Crippen LogP contribution in [-0.2, 0) is 11.8 Å². The highest BCUT2D eigenvalue weighted by atomic mass is 32.2. The Morgan fingerprint density at radius 1 is 1.10 bits per heavy atom. The van der Waals surface area contributed by atoms with Gasteiger partial charge in [0.15, 0.2) is 0 Å². The van der Waals surface area contributed by atoms with Crippen molar-refractivity contribution < 1.29 is 9.59 Å². The fourth-order valence-electron chi connectivity index (χ4n) is 4.65. The molecule has 2 aromatic rings. The molecule has 2 amide bonds. The standard InChI is InChI=1S/C21H28N6O2S/c1-27-21(24-25-26-27)30-13-19(28)22-17-9-7-15(8-10-17)20(29)23-18-11-6-14-4-2-3-5-16(14)12-18/h7-10,14,16,18H,2-6,11-13H2,1H3,(H,22,28)(H,23,29)/t14-,16+,18-/m1/s1. The van der Waals surface area contributed by atoms with Gasteiger partial charge in [0.05, 0.1) is 5.75 Å². The number of anilines is 1. The number of carbonyl (C=O) groups is 2. The number of thioether (sulfide) groups is 1. The molecule has 2 fully saturated rings. The number of fused-ring (bicyclic) bond motifs is 1. The molecule has 1 aromatic heterocycles. The molecule has 1 aromatic carbocycles. The summed E-state index contributed by atoms with van der Waals surface area (Å²) in [5, 5.41) is 17.7. The van der Waals surface area contributed by atoms with Crippen LogP contribution < -0.4 is 10.6 Å². The summed E-state index contributed by atoms with van der Waals surface area (Å²) in [5.41, 5.74) is 1.29. The van der Waals surface area contributed by atoms with E-state index in [-0.39, 0.29) is 23.6 Å². The molecule has 2 saturated carbocycles. The molecule has 1 heterocycles. The van der Waals surface area contributed by atoms with Gasteiger partial charge in [-0.3, -0.25) is 9.59 Å². The summed E-state index contributed by atoms with van der Waals surface area (Å²) in [5.74, 6) is 1.69. The molecule has 0 spiro atoms. The number of nitrogens with zero attached hydrogens (tertiary/aromatic N) is 4. The zero-order valence-electron chi connectivity index (χ0n) is 17.2. The zero-order chi connectivity index (χ0) is 20.9.